The molecule has 2 heterocycles. The lowest BCUT2D eigenvalue weighted by molar-refractivity contribution is 0.0697. The van der Waals surface area contributed by atoms with Gasteiger partial charge in [0.15, 0.2) is 5.13 Å². The van der Waals surface area contributed by atoms with Crippen molar-refractivity contribution in [1.29, 1.82) is 0 Å². The van der Waals surface area contributed by atoms with E-state index in [2.05, 4.69) is 25.6 Å². The Balaban J connectivity index is 1.73. The first-order valence-corrected chi connectivity index (χ1v) is 7.18. The van der Waals surface area contributed by atoms with E-state index < -0.39 is 5.97 Å². The Labute approximate surface area is 129 Å². The van der Waals surface area contributed by atoms with E-state index in [-0.39, 0.29) is 5.56 Å². The minimum Gasteiger partial charge on any atom is -0.478 e. The standard InChI is InChI=1S/C14H11N5O2S/c20-12(21)9-1-3-10(4-2-9)17-13-15-6-5-11(18-13)19-14-16-7-8-22-14/h1-8H,(H,20,21)(H2,15,16,17,18,19). The number of hydrogen-bond donors (Lipinski definition) is 3. The van der Waals surface area contributed by atoms with Gasteiger partial charge >= 0.3 is 5.97 Å². The number of anilines is 4. The highest BCUT2D eigenvalue weighted by Gasteiger charge is 2.04. The number of carboxylic acids is 1. The summed E-state index contributed by atoms with van der Waals surface area (Å²) in [4.78, 5) is 23.4. The second-order valence-corrected chi connectivity index (χ2v) is 5.13. The molecule has 0 saturated carbocycles. The van der Waals surface area contributed by atoms with Crippen LogP contribution < -0.4 is 10.6 Å². The quantitative estimate of drug-likeness (QED) is 0.665. The molecule has 0 amide bonds. The zero-order chi connectivity index (χ0) is 15.4. The molecule has 0 bridgehead atoms. The predicted octanol–water partition coefficient (Wildman–Crippen LogP) is 3.12. The van der Waals surface area contributed by atoms with Gasteiger partial charge in [-0.25, -0.2) is 14.8 Å². The van der Waals surface area contributed by atoms with Crippen molar-refractivity contribution in [2.24, 2.45) is 0 Å². The molecule has 0 saturated heterocycles. The molecule has 0 atom stereocenters. The Kier molecular flexibility index (Phi) is 3.92. The van der Waals surface area contributed by atoms with Crippen LogP contribution in [0.2, 0.25) is 0 Å². The number of carbonyl (C=O) groups is 1. The summed E-state index contributed by atoms with van der Waals surface area (Å²) in [6.07, 6.45) is 3.33. The van der Waals surface area contributed by atoms with Crippen molar-refractivity contribution in [2.45, 2.75) is 0 Å². The maximum absolute atomic E-state index is 10.8. The van der Waals surface area contributed by atoms with Crippen LogP contribution in [0.15, 0.2) is 48.1 Å². The molecule has 0 aliphatic carbocycles. The number of aromatic carboxylic acids is 1. The third kappa shape index (κ3) is 3.36. The topological polar surface area (TPSA) is 100 Å². The van der Waals surface area contributed by atoms with Gasteiger partial charge in [0.25, 0.3) is 0 Å². The van der Waals surface area contributed by atoms with Crippen molar-refractivity contribution in [3.63, 3.8) is 0 Å². The maximum atomic E-state index is 10.8. The summed E-state index contributed by atoms with van der Waals surface area (Å²) in [6, 6.07) is 8.09. The molecular formula is C14H11N5O2S. The molecule has 8 heteroatoms. The van der Waals surface area contributed by atoms with Crippen LogP contribution >= 0.6 is 11.3 Å². The molecule has 3 aromatic rings. The fourth-order valence-corrected chi connectivity index (χ4v) is 2.24. The lowest BCUT2D eigenvalue weighted by Gasteiger charge is -2.07. The van der Waals surface area contributed by atoms with Crippen LogP contribution in [0.5, 0.6) is 0 Å². The molecule has 0 aliphatic heterocycles. The summed E-state index contributed by atoms with van der Waals surface area (Å²) >= 11 is 1.47. The lowest BCUT2D eigenvalue weighted by Crippen LogP contribution is -2.01. The molecule has 3 N–H and O–H groups in total. The largest absolute Gasteiger partial charge is 0.478 e. The average Bonchev–Trinajstić information content (AvgIpc) is 3.01. The zero-order valence-corrected chi connectivity index (χ0v) is 12.0. The van der Waals surface area contributed by atoms with E-state index in [1.54, 1.807) is 30.6 Å². The van der Waals surface area contributed by atoms with Gasteiger partial charge in [-0.1, -0.05) is 0 Å². The van der Waals surface area contributed by atoms with E-state index in [1.165, 1.54) is 23.5 Å². The van der Waals surface area contributed by atoms with Gasteiger partial charge in [-0.05, 0) is 30.3 Å². The number of nitrogens with zero attached hydrogens (tertiary/aromatic N) is 3. The van der Waals surface area contributed by atoms with Crippen molar-refractivity contribution in [2.75, 3.05) is 10.6 Å². The first-order chi connectivity index (χ1) is 10.7. The minimum absolute atomic E-state index is 0.227. The fraction of sp³-hybridized carbons (Fsp3) is 0. The molecule has 0 spiro atoms. The number of thiazole rings is 1. The summed E-state index contributed by atoms with van der Waals surface area (Å²) < 4.78 is 0. The van der Waals surface area contributed by atoms with Gasteiger partial charge in [-0.2, -0.15) is 4.98 Å². The van der Waals surface area contributed by atoms with Gasteiger partial charge in [0, 0.05) is 23.5 Å². The highest BCUT2D eigenvalue weighted by molar-refractivity contribution is 7.13. The number of hydrogen-bond acceptors (Lipinski definition) is 7. The second-order valence-electron chi connectivity index (χ2n) is 4.24. The predicted molar refractivity (Wildman–Crippen MR) is 84.1 cm³/mol. The molecule has 0 unspecified atom stereocenters. The Morgan fingerprint density at radius 1 is 1.05 bits per heavy atom. The highest BCUT2D eigenvalue weighted by atomic mass is 32.1. The Bertz CT molecular complexity index is 774. The lowest BCUT2D eigenvalue weighted by atomic mass is 10.2. The summed E-state index contributed by atoms with van der Waals surface area (Å²) in [6.45, 7) is 0. The van der Waals surface area contributed by atoms with Gasteiger partial charge in [0.1, 0.15) is 5.82 Å². The number of rotatable bonds is 5. The van der Waals surface area contributed by atoms with Crippen LogP contribution in [0.3, 0.4) is 0 Å². The van der Waals surface area contributed by atoms with Crippen molar-refractivity contribution in [1.82, 2.24) is 15.0 Å². The average molecular weight is 313 g/mol. The molecule has 1 aromatic carbocycles. The molecule has 0 radical (unpaired) electrons. The highest BCUT2D eigenvalue weighted by Crippen LogP contribution is 2.19. The van der Waals surface area contributed by atoms with Crippen molar-refractivity contribution >= 4 is 39.9 Å². The summed E-state index contributed by atoms with van der Waals surface area (Å²) in [5, 5.41) is 17.6. The summed E-state index contributed by atoms with van der Waals surface area (Å²) in [7, 11) is 0. The minimum atomic E-state index is -0.961. The Morgan fingerprint density at radius 3 is 2.55 bits per heavy atom. The number of carboxylic acid groups (broad SMARTS) is 1. The second kappa shape index (κ2) is 6.19. The normalized spacial score (nSPS) is 10.2. The SMILES string of the molecule is O=C(O)c1ccc(Nc2nccc(Nc3nccs3)n2)cc1. The van der Waals surface area contributed by atoms with E-state index in [1.807, 2.05) is 5.38 Å². The monoisotopic (exact) mass is 313 g/mol. The fourth-order valence-electron chi connectivity index (χ4n) is 1.71. The first kappa shape index (κ1) is 14.0. The first-order valence-electron chi connectivity index (χ1n) is 6.31. The van der Waals surface area contributed by atoms with Gasteiger partial charge < -0.3 is 15.7 Å². The van der Waals surface area contributed by atoms with Crippen molar-refractivity contribution < 1.29 is 9.90 Å². The Morgan fingerprint density at radius 2 is 1.86 bits per heavy atom. The molecule has 22 heavy (non-hydrogen) atoms. The maximum Gasteiger partial charge on any atom is 0.335 e. The van der Waals surface area contributed by atoms with Crippen LogP contribution in [0.1, 0.15) is 10.4 Å². The van der Waals surface area contributed by atoms with Crippen LogP contribution in [-0.4, -0.2) is 26.0 Å². The Hall–Kier alpha value is -3.00. The summed E-state index contributed by atoms with van der Waals surface area (Å²) in [5.74, 6) is 0.0664. The van der Waals surface area contributed by atoms with E-state index in [4.69, 9.17) is 5.11 Å². The number of nitrogens with one attached hydrogen (secondary N) is 2. The van der Waals surface area contributed by atoms with Crippen molar-refractivity contribution in [3.05, 3.63) is 53.7 Å². The van der Waals surface area contributed by atoms with Crippen LogP contribution in [-0.2, 0) is 0 Å². The van der Waals surface area contributed by atoms with Gasteiger partial charge in [-0.15, -0.1) is 11.3 Å². The molecule has 7 nitrogen and oxygen atoms in total. The van der Waals surface area contributed by atoms with Crippen LogP contribution in [0, 0.1) is 0 Å². The van der Waals surface area contributed by atoms with Gasteiger partial charge in [0.05, 0.1) is 5.56 Å². The van der Waals surface area contributed by atoms with Gasteiger partial charge in [0.2, 0.25) is 5.95 Å². The third-order valence-electron chi connectivity index (χ3n) is 2.71. The van der Waals surface area contributed by atoms with Crippen LogP contribution in [0.25, 0.3) is 0 Å². The number of benzene rings is 1. The molecule has 110 valence electrons. The van der Waals surface area contributed by atoms with Crippen molar-refractivity contribution in [3.8, 4) is 0 Å². The molecule has 0 aliphatic rings. The van der Waals surface area contributed by atoms with E-state index in [0.29, 0.717) is 17.5 Å². The molecule has 2 aromatic heterocycles. The van der Waals surface area contributed by atoms with Crippen LogP contribution in [0.4, 0.5) is 22.6 Å². The smallest absolute Gasteiger partial charge is 0.335 e. The van der Waals surface area contributed by atoms with E-state index in [0.717, 1.165) is 5.13 Å². The number of aromatic nitrogens is 3. The summed E-state index contributed by atoms with van der Waals surface area (Å²) in [5.41, 5.74) is 0.932. The van der Waals surface area contributed by atoms with Gasteiger partial charge in [-0.3, -0.25) is 0 Å². The molecular weight excluding hydrogens is 302 g/mol. The molecule has 3 rings (SSSR count). The third-order valence-corrected chi connectivity index (χ3v) is 3.40. The van der Waals surface area contributed by atoms with E-state index in [9.17, 15) is 4.79 Å². The van der Waals surface area contributed by atoms with E-state index >= 15 is 0 Å². The molecule has 0 fully saturated rings. The zero-order valence-electron chi connectivity index (χ0n) is 11.2.